The van der Waals surface area contributed by atoms with E-state index in [2.05, 4.69) is 20.5 Å². The predicted octanol–water partition coefficient (Wildman–Crippen LogP) is 1.47. The van der Waals surface area contributed by atoms with Gasteiger partial charge in [-0.05, 0) is 24.5 Å². The van der Waals surface area contributed by atoms with Gasteiger partial charge in [-0.3, -0.25) is 9.59 Å². The molecule has 1 aromatic rings. The molecule has 1 saturated heterocycles. The van der Waals surface area contributed by atoms with Gasteiger partial charge in [-0.15, -0.1) is 0 Å². The van der Waals surface area contributed by atoms with Crippen molar-refractivity contribution in [3.8, 4) is 0 Å². The minimum atomic E-state index is -0.116. The molecule has 2 amide bonds. The highest BCUT2D eigenvalue weighted by atomic mass is 16.2. The van der Waals surface area contributed by atoms with Crippen LogP contribution in [-0.4, -0.2) is 42.5 Å². The maximum absolute atomic E-state index is 11.9. The lowest BCUT2D eigenvalue weighted by molar-refractivity contribution is -0.126. The summed E-state index contributed by atoms with van der Waals surface area (Å²) in [4.78, 5) is 30.1. The number of hydrogen-bond acceptors (Lipinski definition) is 4. The van der Waals surface area contributed by atoms with Crippen molar-refractivity contribution in [3.05, 3.63) is 24.4 Å². The molecule has 6 nitrogen and oxygen atoms in total. The Morgan fingerprint density at radius 2 is 1.96 bits per heavy atom. The van der Waals surface area contributed by atoms with Crippen LogP contribution in [0.1, 0.15) is 38.5 Å². The number of rotatable bonds is 7. The Kier molecular flexibility index (Phi) is 5.67. The SMILES string of the molecule is O=C(CCC1CCCC1)NCC(=O)NC1CN(c2ccccn2)C1. The molecule has 2 aliphatic rings. The van der Waals surface area contributed by atoms with E-state index in [4.69, 9.17) is 0 Å². The van der Waals surface area contributed by atoms with E-state index in [-0.39, 0.29) is 24.4 Å². The zero-order valence-corrected chi connectivity index (χ0v) is 14.0. The van der Waals surface area contributed by atoms with Crippen LogP contribution in [0.2, 0.25) is 0 Å². The second kappa shape index (κ2) is 8.13. The number of amides is 2. The molecular weight excluding hydrogens is 304 g/mol. The van der Waals surface area contributed by atoms with Crippen molar-refractivity contribution in [2.45, 2.75) is 44.6 Å². The Balaban J connectivity index is 1.27. The van der Waals surface area contributed by atoms with Gasteiger partial charge in [-0.2, -0.15) is 0 Å². The van der Waals surface area contributed by atoms with Crippen molar-refractivity contribution in [2.75, 3.05) is 24.5 Å². The second-order valence-corrected chi connectivity index (χ2v) is 6.82. The fourth-order valence-corrected chi connectivity index (χ4v) is 3.48. The topological polar surface area (TPSA) is 74.3 Å². The van der Waals surface area contributed by atoms with Crippen LogP contribution < -0.4 is 15.5 Å². The third-order valence-corrected chi connectivity index (χ3v) is 4.92. The van der Waals surface area contributed by atoms with E-state index in [0.29, 0.717) is 12.3 Å². The molecule has 1 aliphatic heterocycles. The number of aromatic nitrogens is 1. The van der Waals surface area contributed by atoms with E-state index >= 15 is 0 Å². The fraction of sp³-hybridized carbons (Fsp3) is 0.611. The summed E-state index contributed by atoms with van der Waals surface area (Å²) in [5.41, 5.74) is 0. The van der Waals surface area contributed by atoms with Gasteiger partial charge >= 0.3 is 0 Å². The molecule has 130 valence electrons. The highest BCUT2D eigenvalue weighted by Gasteiger charge is 2.28. The molecule has 0 radical (unpaired) electrons. The van der Waals surface area contributed by atoms with Gasteiger partial charge in [0.1, 0.15) is 5.82 Å². The van der Waals surface area contributed by atoms with Crippen molar-refractivity contribution >= 4 is 17.6 Å². The van der Waals surface area contributed by atoms with Gasteiger partial charge in [0.15, 0.2) is 0 Å². The minimum Gasteiger partial charge on any atom is -0.352 e. The highest BCUT2D eigenvalue weighted by molar-refractivity contribution is 5.85. The molecule has 1 aliphatic carbocycles. The van der Waals surface area contributed by atoms with Gasteiger partial charge < -0.3 is 15.5 Å². The smallest absolute Gasteiger partial charge is 0.239 e. The van der Waals surface area contributed by atoms with Crippen LogP contribution in [0.15, 0.2) is 24.4 Å². The quantitative estimate of drug-likeness (QED) is 0.794. The van der Waals surface area contributed by atoms with Gasteiger partial charge in [-0.25, -0.2) is 4.98 Å². The first-order chi connectivity index (χ1) is 11.7. The van der Waals surface area contributed by atoms with Crippen LogP contribution in [0.25, 0.3) is 0 Å². The van der Waals surface area contributed by atoms with E-state index in [1.165, 1.54) is 25.7 Å². The second-order valence-electron chi connectivity index (χ2n) is 6.82. The molecule has 0 unspecified atom stereocenters. The fourth-order valence-electron chi connectivity index (χ4n) is 3.48. The minimum absolute atomic E-state index is 0.0132. The van der Waals surface area contributed by atoms with Crippen molar-refractivity contribution in [2.24, 2.45) is 5.92 Å². The number of pyridine rings is 1. The molecule has 1 saturated carbocycles. The number of hydrogen-bond donors (Lipinski definition) is 2. The van der Waals surface area contributed by atoms with Crippen molar-refractivity contribution in [3.63, 3.8) is 0 Å². The molecule has 0 spiro atoms. The van der Waals surface area contributed by atoms with Crippen LogP contribution in [0.4, 0.5) is 5.82 Å². The lowest BCUT2D eigenvalue weighted by atomic mass is 10.0. The Labute approximate surface area is 143 Å². The standard InChI is InChI=1S/C18H26N4O2/c23-17(9-8-14-5-1-2-6-14)20-11-18(24)21-15-12-22(13-15)16-7-3-4-10-19-16/h3-4,7,10,14-15H,1-2,5-6,8-9,11-13H2,(H,20,23)(H,21,24). The molecule has 24 heavy (non-hydrogen) atoms. The van der Waals surface area contributed by atoms with Crippen LogP contribution in [0.5, 0.6) is 0 Å². The summed E-state index contributed by atoms with van der Waals surface area (Å²) in [6.45, 7) is 1.60. The van der Waals surface area contributed by atoms with Crippen molar-refractivity contribution in [1.82, 2.24) is 15.6 Å². The monoisotopic (exact) mass is 330 g/mol. The molecule has 2 fully saturated rings. The zero-order valence-electron chi connectivity index (χ0n) is 14.0. The molecule has 2 heterocycles. The Morgan fingerprint density at radius 1 is 1.17 bits per heavy atom. The Hall–Kier alpha value is -2.11. The van der Waals surface area contributed by atoms with Gasteiger partial charge in [0.2, 0.25) is 11.8 Å². The van der Waals surface area contributed by atoms with Crippen LogP contribution in [-0.2, 0) is 9.59 Å². The molecule has 0 atom stereocenters. The number of anilines is 1. The van der Waals surface area contributed by atoms with Crippen LogP contribution in [0, 0.1) is 5.92 Å². The first-order valence-corrected chi connectivity index (χ1v) is 8.93. The lowest BCUT2D eigenvalue weighted by Gasteiger charge is -2.40. The van der Waals surface area contributed by atoms with Gasteiger partial charge in [-0.1, -0.05) is 31.7 Å². The molecule has 6 heteroatoms. The summed E-state index contributed by atoms with van der Waals surface area (Å²) in [5.74, 6) is 1.51. The third-order valence-electron chi connectivity index (χ3n) is 4.92. The molecular formula is C18H26N4O2. The normalized spacial score (nSPS) is 18.2. The first kappa shape index (κ1) is 16.7. The number of carbonyl (C=O) groups excluding carboxylic acids is 2. The van der Waals surface area contributed by atoms with E-state index < -0.39 is 0 Å². The summed E-state index contributed by atoms with van der Waals surface area (Å²) in [7, 11) is 0. The summed E-state index contributed by atoms with van der Waals surface area (Å²) in [6.07, 6.45) is 8.36. The average molecular weight is 330 g/mol. The maximum Gasteiger partial charge on any atom is 0.239 e. The summed E-state index contributed by atoms with van der Waals surface area (Å²) in [5, 5.41) is 5.67. The maximum atomic E-state index is 11.9. The summed E-state index contributed by atoms with van der Waals surface area (Å²) in [6, 6.07) is 5.94. The number of nitrogens with zero attached hydrogens (tertiary/aromatic N) is 2. The van der Waals surface area contributed by atoms with Gasteiger partial charge in [0.25, 0.3) is 0 Å². The Bertz CT molecular complexity index is 551. The largest absolute Gasteiger partial charge is 0.352 e. The summed E-state index contributed by atoms with van der Waals surface area (Å²) >= 11 is 0. The first-order valence-electron chi connectivity index (χ1n) is 8.93. The molecule has 2 N–H and O–H groups in total. The third kappa shape index (κ3) is 4.69. The van der Waals surface area contributed by atoms with Gasteiger partial charge in [0.05, 0.1) is 12.6 Å². The number of nitrogens with one attached hydrogen (secondary N) is 2. The number of carbonyl (C=O) groups is 2. The predicted molar refractivity (Wildman–Crippen MR) is 92.6 cm³/mol. The van der Waals surface area contributed by atoms with E-state index in [1.807, 2.05) is 18.2 Å². The van der Waals surface area contributed by atoms with E-state index in [9.17, 15) is 9.59 Å². The molecule has 0 aromatic carbocycles. The zero-order chi connectivity index (χ0) is 16.8. The van der Waals surface area contributed by atoms with E-state index in [1.54, 1.807) is 6.20 Å². The van der Waals surface area contributed by atoms with Crippen LogP contribution in [0.3, 0.4) is 0 Å². The summed E-state index contributed by atoms with van der Waals surface area (Å²) < 4.78 is 0. The highest BCUT2D eigenvalue weighted by Crippen LogP contribution is 2.28. The Morgan fingerprint density at radius 3 is 2.67 bits per heavy atom. The lowest BCUT2D eigenvalue weighted by Crippen LogP contribution is -2.60. The van der Waals surface area contributed by atoms with Gasteiger partial charge in [0, 0.05) is 25.7 Å². The van der Waals surface area contributed by atoms with E-state index in [0.717, 1.165) is 25.3 Å². The van der Waals surface area contributed by atoms with Crippen molar-refractivity contribution < 1.29 is 9.59 Å². The molecule has 1 aromatic heterocycles. The van der Waals surface area contributed by atoms with Crippen LogP contribution >= 0.6 is 0 Å². The van der Waals surface area contributed by atoms with Crippen molar-refractivity contribution in [1.29, 1.82) is 0 Å². The molecule has 3 rings (SSSR count). The molecule has 0 bridgehead atoms. The average Bonchev–Trinajstić information content (AvgIpc) is 3.08.